The number of anilines is 1. The van der Waals surface area contributed by atoms with Crippen LogP contribution in [0.1, 0.15) is 12.5 Å². The molecule has 0 radical (unpaired) electrons. The Balaban J connectivity index is 2.08. The number of rotatable bonds is 6. The molecule has 0 atom stereocenters. The quantitative estimate of drug-likeness (QED) is 0.747. The largest absolute Gasteiger partial charge is 0.488 e. The third kappa shape index (κ3) is 4.93. The second-order valence-electron chi connectivity index (χ2n) is 4.71. The van der Waals surface area contributed by atoms with Crippen molar-refractivity contribution in [2.24, 2.45) is 0 Å². The van der Waals surface area contributed by atoms with E-state index in [9.17, 15) is 4.79 Å². The molecule has 0 saturated carbocycles. The Labute approximate surface area is 137 Å². The number of hydrogen-bond acceptors (Lipinski definition) is 3. The lowest BCUT2D eigenvalue weighted by Gasteiger charge is -2.12. The average Bonchev–Trinajstić information content (AvgIpc) is 2.48. The van der Waals surface area contributed by atoms with E-state index in [2.05, 4.69) is 21.2 Å². The van der Waals surface area contributed by atoms with Crippen LogP contribution in [0.25, 0.3) is 0 Å². The third-order valence-electron chi connectivity index (χ3n) is 2.85. The zero-order valence-electron chi connectivity index (χ0n) is 12.0. The predicted octanol–water partition coefficient (Wildman–Crippen LogP) is 4.43. The van der Waals surface area contributed by atoms with Gasteiger partial charge >= 0.3 is 5.97 Å². The van der Waals surface area contributed by atoms with Crippen molar-refractivity contribution in [3.8, 4) is 5.75 Å². The first-order valence-electron chi connectivity index (χ1n) is 6.69. The van der Waals surface area contributed by atoms with Gasteiger partial charge in [-0.15, -0.1) is 0 Å². The van der Waals surface area contributed by atoms with Crippen LogP contribution in [0.5, 0.6) is 5.75 Å². The van der Waals surface area contributed by atoms with Crippen LogP contribution in [0, 0.1) is 0 Å². The Hall–Kier alpha value is -2.27. The molecule has 0 heterocycles. The maximum Gasteiger partial charge on any atom is 0.330 e. The van der Waals surface area contributed by atoms with Crippen LogP contribution in [0.3, 0.4) is 0 Å². The number of carboxylic acids is 1. The number of aliphatic carboxylic acids is 1. The molecule has 0 unspecified atom stereocenters. The second kappa shape index (κ2) is 7.66. The zero-order chi connectivity index (χ0) is 15.9. The topological polar surface area (TPSA) is 58.6 Å². The van der Waals surface area contributed by atoms with Gasteiger partial charge < -0.3 is 15.2 Å². The molecule has 5 heteroatoms. The van der Waals surface area contributed by atoms with E-state index >= 15 is 0 Å². The summed E-state index contributed by atoms with van der Waals surface area (Å²) in [5, 5.41) is 11.7. The van der Waals surface area contributed by atoms with E-state index in [1.54, 1.807) is 6.92 Å². The maximum absolute atomic E-state index is 10.6. The van der Waals surface area contributed by atoms with Crippen molar-refractivity contribution in [2.75, 3.05) is 5.32 Å². The Morgan fingerprint density at radius 2 is 2.00 bits per heavy atom. The normalized spacial score (nSPS) is 11.1. The first-order valence-corrected chi connectivity index (χ1v) is 7.48. The van der Waals surface area contributed by atoms with Crippen LogP contribution >= 0.6 is 15.9 Å². The molecule has 2 aromatic rings. The summed E-state index contributed by atoms with van der Waals surface area (Å²) in [4.78, 5) is 10.6. The third-order valence-corrected chi connectivity index (χ3v) is 3.50. The van der Waals surface area contributed by atoms with Gasteiger partial charge in [0.1, 0.15) is 12.4 Å². The number of allylic oxidation sites excluding steroid dienone is 1. The van der Waals surface area contributed by atoms with E-state index in [1.165, 1.54) is 0 Å². The molecule has 0 aromatic heterocycles. The summed E-state index contributed by atoms with van der Waals surface area (Å²) in [5.74, 6) is -0.292. The number of nitrogens with one attached hydrogen (secondary N) is 1. The maximum atomic E-state index is 10.6. The van der Waals surface area contributed by atoms with Crippen molar-refractivity contribution in [2.45, 2.75) is 13.5 Å². The van der Waals surface area contributed by atoms with Crippen LogP contribution in [-0.4, -0.2) is 11.1 Å². The summed E-state index contributed by atoms with van der Waals surface area (Å²) < 4.78 is 6.65. The molecule has 0 aliphatic rings. The van der Waals surface area contributed by atoms with Gasteiger partial charge in [-0.3, -0.25) is 0 Å². The van der Waals surface area contributed by atoms with Crippen molar-refractivity contribution in [3.63, 3.8) is 0 Å². The van der Waals surface area contributed by atoms with Gasteiger partial charge in [-0.1, -0.05) is 30.3 Å². The van der Waals surface area contributed by atoms with Gasteiger partial charge in [-0.05, 0) is 40.5 Å². The van der Waals surface area contributed by atoms with E-state index in [0.29, 0.717) is 18.1 Å². The van der Waals surface area contributed by atoms with Crippen LogP contribution in [0.15, 0.2) is 64.8 Å². The second-order valence-corrected chi connectivity index (χ2v) is 5.56. The van der Waals surface area contributed by atoms with Gasteiger partial charge in [-0.25, -0.2) is 4.79 Å². The molecule has 2 N–H and O–H groups in total. The molecule has 0 saturated heterocycles. The first-order chi connectivity index (χ1) is 10.5. The molecule has 22 heavy (non-hydrogen) atoms. The Morgan fingerprint density at radius 1 is 1.27 bits per heavy atom. The molecule has 2 aromatic carbocycles. The van der Waals surface area contributed by atoms with Crippen LogP contribution in [-0.2, 0) is 11.4 Å². The van der Waals surface area contributed by atoms with Crippen molar-refractivity contribution in [1.82, 2.24) is 0 Å². The van der Waals surface area contributed by atoms with Gasteiger partial charge in [0.25, 0.3) is 0 Å². The van der Waals surface area contributed by atoms with E-state index in [-0.39, 0.29) is 0 Å². The fraction of sp³-hybridized carbons (Fsp3) is 0.118. The van der Waals surface area contributed by atoms with Gasteiger partial charge in [0.15, 0.2) is 0 Å². The molecular formula is C17H16BrNO3. The monoisotopic (exact) mass is 361 g/mol. The molecule has 0 spiro atoms. The van der Waals surface area contributed by atoms with E-state index in [1.807, 2.05) is 48.5 Å². The summed E-state index contributed by atoms with van der Waals surface area (Å²) in [5.41, 5.74) is 2.39. The summed E-state index contributed by atoms with van der Waals surface area (Å²) in [7, 11) is 0. The van der Waals surface area contributed by atoms with Crippen molar-refractivity contribution >= 4 is 27.6 Å². The minimum Gasteiger partial charge on any atom is -0.488 e. The van der Waals surface area contributed by atoms with Gasteiger partial charge in [-0.2, -0.15) is 0 Å². The molecule has 0 fully saturated rings. The smallest absolute Gasteiger partial charge is 0.330 e. The number of carbonyl (C=O) groups is 1. The Morgan fingerprint density at radius 3 is 2.68 bits per heavy atom. The van der Waals surface area contributed by atoms with Crippen LogP contribution < -0.4 is 10.1 Å². The Kier molecular flexibility index (Phi) is 5.61. The van der Waals surface area contributed by atoms with Gasteiger partial charge in [0, 0.05) is 23.5 Å². The molecule has 114 valence electrons. The van der Waals surface area contributed by atoms with Crippen molar-refractivity contribution in [3.05, 3.63) is 70.3 Å². The van der Waals surface area contributed by atoms with E-state index in [0.717, 1.165) is 21.8 Å². The summed E-state index contributed by atoms with van der Waals surface area (Å²) in [6, 6.07) is 15.4. The van der Waals surface area contributed by atoms with Crippen molar-refractivity contribution in [1.29, 1.82) is 0 Å². The highest BCUT2D eigenvalue weighted by atomic mass is 79.9. The summed E-state index contributed by atoms with van der Waals surface area (Å²) in [6.45, 7) is 2.16. The molecule has 0 aliphatic carbocycles. The predicted molar refractivity (Wildman–Crippen MR) is 89.9 cm³/mol. The number of ether oxygens (including phenoxy) is 1. The number of carboxylic acid groups (broad SMARTS) is 1. The lowest BCUT2D eigenvalue weighted by molar-refractivity contribution is -0.131. The zero-order valence-corrected chi connectivity index (χ0v) is 13.6. The van der Waals surface area contributed by atoms with E-state index in [4.69, 9.17) is 9.84 Å². The highest BCUT2D eigenvalue weighted by Crippen LogP contribution is 2.29. The Bertz CT molecular complexity index is 684. The number of hydrogen-bond donors (Lipinski definition) is 2. The molecular weight excluding hydrogens is 346 g/mol. The minimum atomic E-state index is -0.984. The standard InChI is InChI=1S/C17H16BrNO3/c1-12(9-17(20)21)19-14-7-8-15(18)16(10-14)22-11-13-5-3-2-4-6-13/h2-10,19H,11H2,1H3,(H,20,21)/b12-9-. The average molecular weight is 362 g/mol. The van der Waals surface area contributed by atoms with Gasteiger partial charge in [0.2, 0.25) is 0 Å². The number of halogens is 1. The lowest BCUT2D eigenvalue weighted by atomic mass is 10.2. The SMILES string of the molecule is C/C(=C/C(=O)O)Nc1ccc(Br)c(OCc2ccccc2)c1. The van der Waals surface area contributed by atoms with Crippen LogP contribution in [0.4, 0.5) is 5.69 Å². The van der Waals surface area contributed by atoms with E-state index < -0.39 is 5.97 Å². The summed E-state index contributed by atoms with van der Waals surface area (Å²) >= 11 is 3.45. The highest BCUT2D eigenvalue weighted by molar-refractivity contribution is 9.10. The summed E-state index contributed by atoms with van der Waals surface area (Å²) in [6.07, 6.45) is 1.12. The van der Waals surface area contributed by atoms with Crippen molar-refractivity contribution < 1.29 is 14.6 Å². The fourth-order valence-corrected chi connectivity index (χ4v) is 2.24. The molecule has 4 nitrogen and oxygen atoms in total. The molecule has 0 aliphatic heterocycles. The fourth-order valence-electron chi connectivity index (χ4n) is 1.88. The lowest BCUT2D eigenvalue weighted by Crippen LogP contribution is -2.01. The molecule has 2 rings (SSSR count). The van der Waals surface area contributed by atoms with Gasteiger partial charge in [0.05, 0.1) is 4.47 Å². The number of benzene rings is 2. The first kappa shape index (κ1) is 16.1. The molecule has 0 amide bonds. The molecule has 0 bridgehead atoms. The van der Waals surface area contributed by atoms with Crippen LogP contribution in [0.2, 0.25) is 0 Å². The highest BCUT2D eigenvalue weighted by Gasteiger charge is 2.04. The minimum absolute atomic E-state index is 0.465.